The molecular formula is C23H27N3O2. The van der Waals surface area contributed by atoms with Crippen LogP contribution in [-0.2, 0) is 11.3 Å². The Kier molecular flexibility index (Phi) is 5.74. The Bertz CT molecular complexity index is 907. The minimum Gasteiger partial charge on any atom is -0.497 e. The smallest absolute Gasteiger partial charge is 0.119 e. The lowest BCUT2D eigenvalue weighted by Crippen LogP contribution is -2.38. The van der Waals surface area contributed by atoms with Gasteiger partial charge in [0, 0.05) is 37.5 Å². The molecule has 1 saturated heterocycles. The Balaban J connectivity index is 1.69. The molecule has 28 heavy (non-hydrogen) atoms. The molecule has 3 aromatic rings. The van der Waals surface area contributed by atoms with Crippen molar-refractivity contribution in [2.75, 3.05) is 27.3 Å². The number of para-hydroxylation sites is 1. The molecule has 0 spiro atoms. The largest absolute Gasteiger partial charge is 0.497 e. The summed E-state index contributed by atoms with van der Waals surface area (Å²) in [6, 6.07) is 18.4. The molecule has 1 aromatic heterocycles. The molecule has 4 rings (SSSR count). The van der Waals surface area contributed by atoms with Crippen molar-refractivity contribution < 1.29 is 9.47 Å². The van der Waals surface area contributed by atoms with Crippen LogP contribution >= 0.6 is 0 Å². The van der Waals surface area contributed by atoms with Crippen LogP contribution in [0.25, 0.3) is 16.9 Å². The van der Waals surface area contributed by atoms with E-state index in [0.29, 0.717) is 6.10 Å². The van der Waals surface area contributed by atoms with Gasteiger partial charge in [0.15, 0.2) is 0 Å². The second kappa shape index (κ2) is 8.59. The predicted octanol–water partition coefficient (Wildman–Crippen LogP) is 4.16. The van der Waals surface area contributed by atoms with Crippen molar-refractivity contribution in [2.24, 2.45) is 0 Å². The molecule has 0 aliphatic carbocycles. The SMILES string of the molecule is COc1cccc(-c2nn(-c3ccccc3)cc2CN2CCC[C@H](OC)C2)c1. The molecule has 146 valence electrons. The van der Waals surface area contributed by atoms with Crippen LogP contribution in [0, 0.1) is 0 Å². The molecule has 5 heteroatoms. The zero-order valence-electron chi connectivity index (χ0n) is 16.5. The predicted molar refractivity (Wildman–Crippen MR) is 111 cm³/mol. The van der Waals surface area contributed by atoms with Gasteiger partial charge >= 0.3 is 0 Å². The third kappa shape index (κ3) is 4.11. The summed E-state index contributed by atoms with van der Waals surface area (Å²) in [5, 5.41) is 4.93. The molecule has 1 fully saturated rings. The maximum Gasteiger partial charge on any atom is 0.119 e. The van der Waals surface area contributed by atoms with Gasteiger partial charge in [0.2, 0.25) is 0 Å². The summed E-state index contributed by atoms with van der Waals surface area (Å²) in [4.78, 5) is 2.47. The van der Waals surface area contributed by atoms with Crippen molar-refractivity contribution in [3.8, 4) is 22.7 Å². The van der Waals surface area contributed by atoms with Crippen LogP contribution in [0.1, 0.15) is 18.4 Å². The van der Waals surface area contributed by atoms with E-state index >= 15 is 0 Å². The normalized spacial score (nSPS) is 17.6. The number of hydrogen-bond donors (Lipinski definition) is 0. The van der Waals surface area contributed by atoms with E-state index in [0.717, 1.165) is 48.7 Å². The Morgan fingerprint density at radius 2 is 1.93 bits per heavy atom. The van der Waals surface area contributed by atoms with Gasteiger partial charge in [-0.3, -0.25) is 4.90 Å². The molecule has 0 N–H and O–H groups in total. The number of nitrogens with zero attached hydrogens (tertiary/aromatic N) is 3. The number of ether oxygens (including phenoxy) is 2. The molecule has 0 bridgehead atoms. The van der Waals surface area contributed by atoms with Gasteiger partial charge in [-0.2, -0.15) is 5.10 Å². The van der Waals surface area contributed by atoms with Crippen LogP contribution < -0.4 is 4.74 Å². The summed E-state index contributed by atoms with van der Waals surface area (Å²) in [6.45, 7) is 2.91. The second-order valence-corrected chi connectivity index (χ2v) is 7.25. The van der Waals surface area contributed by atoms with Gasteiger partial charge in [-0.05, 0) is 43.7 Å². The molecule has 1 aliphatic heterocycles. The highest BCUT2D eigenvalue weighted by molar-refractivity contribution is 5.65. The van der Waals surface area contributed by atoms with Gasteiger partial charge in [0.1, 0.15) is 5.75 Å². The van der Waals surface area contributed by atoms with E-state index < -0.39 is 0 Å². The van der Waals surface area contributed by atoms with Crippen LogP contribution in [0.2, 0.25) is 0 Å². The lowest BCUT2D eigenvalue weighted by molar-refractivity contribution is 0.0286. The van der Waals surface area contributed by atoms with Crippen molar-refractivity contribution in [1.29, 1.82) is 0 Å². The minimum atomic E-state index is 0.318. The average Bonchev–Trinajstić information content (AvgIpc) is 3.18. The van der Waals surface area contributed by atoms with Gasteiger partial charge in [0.25, 0.3) is 0 Å². The summed E-state index contributed by atoms with van der Waals surface area (Å²) in [6.07, 6.45) is 4.78. The maximum absolute atomic E-state index is 5.60. The van der Waals surface area contributed by atoms with Crippen LogP contribution in [-0.4, -0.2) is 48.1 Å². The van der Waals surface area contributed by atoms with Gasteiger partial charge in [-0.1, -0.05) is 30.3 Å². The number of aromatic nitrogens is 2. The molecular weight excluding hydrogens is 350 g/mol. The van der Waals surface area contributed by atoms with Crippen molar-refractivity contribution in [3.63, 3.8) is 0 Å². The minimum absolute atomic E-state index is 0.318. The third-order valence-electron chi connectivity index (χ3n) is 5.34. The first-order valence-corrected chi connectivity index (χ1v) is 9.80. The molecule has 1 atom stereocenters. The van der Waals surface area contributed by atoms with Gasteiger partial charge in [-0.25, -0.2) is 4.68 Å². The molecule has 0 unspecified atom stereocenters. The van der Waals surface area contributed by atoms with E-state index in [9.17, 15) is 0 Å². The molecule has 5 nitrogen and oxygen atoms in total. The highest BCUT2D eigenvalue weighted by Gasteiger charge is 2.22. The molecule has 0 radical (unpaired) electrons. The van der Waals surface area contributed by atoms with Gasteiger partial charge < -0.3 is 9.47 Å². The summed E-state index contributed by atoms with van der Waals surface area (Å²) >= 11 is 0. The van der Waals surface area contributed by atoms with Crippen molar-refractivity contribution in [2.45, 2.75) is 25.5 Å². The fraction of sp³-hybridized carbons (Fsp3) is 0.348. The Labute approximate surface area is 166 Å². The average molecular weight is 377 g/mol. The summed E-state index contributed by atoms with van der Waals surface area (Å²) in [7, 11) is 3.50. The third-order valence-corrected chi connectivity index (χ3v) is 5.34. The summed E-state index contributed by atoms with van der Waals surface area (Å²) in [5.41, 5.74) is 4.35. The van der Waals surface area contributed by atoms with Crippen LogP contribution in [0.15, 0.2) is 60.8 Å². The lowest BCUT2D eigenvalue weighted by Gasteiger charge is -2.31. The van der Waals surface area contributed by atoms with Crippen molar-refractivity contribution in [1.82, 2.24) is 14.7 Å². The molecule has 0 saturated carbocycles. The van der Waals surface area contributed by atoms with Crippen molar-refractivity contribution >= 4 is 0 Å². The highest BCUT2D eigenvalue weighted by atomic mass is 16.5. The summed E-state index contributed by atoms with van der Waals surface area (Å²) < 4.78 is 13.0. The first-order chi connectivity index (χ1) is 13.8. The first kappa shape index (κ1) is 18.7. The van der Waals surface area contributed by atoms with Gasteiger partial charge in [-0.15, -0.1) is 0 Å². The Hall–Kier alpha value is -2.63. The van der Waals surface area contributed by atoms with Crippen LogP contribution in [0.4, 0.5) is 0 Å². The Morgan fingerprint density at radius 3 is 2.71 bits per heavy atom. The van der Waals surface area contributed by atoms with E-state index in [2.05, 4.69) is 35.4 Å². The highest BCUT2D eigenvalue weighted by Crippen LogP contribution is 2.28. The maximum atomic E-state index is 5.60. The first-order valence-electron chi connectivity index (χ1n) is 9.80. The van der Waals surface area contributed by atoms with E-state index in [-0.39, 0.29) is 0 Å². The monoisotopic (exact) mass is 377 g/mol. The number of piperidine rings is 1. The van der Waals surface area contributed by atoms with E-state index in [1.165, 1.54) is 12.0 Å². The van der Waals surface area contributed by atoms with E-state index in [1.54, 1.807) is 7.11 Å². The van der Waals surface area contributed by atoms with Crippen LogP contribution in [0.3, 0.4) is 0 Å². The second-order valence-electron chi connectivity index (χ2n) is 7.25. The van der Waals surface area contributed by atoms with E-state index in [1.807, 2.05) is 42.1 Å². The zero-order valence-corrected chi connectivity index (χ0v) is 16.5. The van der Waals surface area contributed by atoms with Crippen molar-refractivity contribution in [3.05, 3.63) is 66.4 Å². The standard InChI is InChI=1S/C23H27N3O2/c1-27-21-11-6-8-18(14-21)23-19(15-25-13-7-12-22(17-25)28-2)16-26(24-23)20-9-4-3-5-10-20/h3-6,8-11,14,16,22H,7,12-13,15,17H2,1-2H3/t22-/m0/s1. The van der Waals surface area contributed by atoms with E-state index in [4.69, 9.17) is 14.6 Å². The number of hydrogen-bond acceptors (Lipinski definition) is 4. The number of likely N-dealkylation sites (tertiary alicyclic amines) is 1. The van der Waals surface area contributed by atoms with Gasteiger partial charge in [0.05, 0.1) is 24.6 Å². The molecule has 0 amide bonds. The number of rotatable bonds is 6. The number of benzene rings is 2. The zero-order chi connectivity index (χ0) is 19.3. The van der Waals surface area contributed by atoms with Crippen LogP contribution in [0.5, 0.6) is 5.75 Å². The number of methoxy groups -OCH3 is 2. The molecule has 1 aliphatic rings. The topological polar surface area (TPSA) is 39.5 Å². The quantitative estimate of drug-likeness (QED) is 0.647. The fourth-order valence-electron chi connectivity index (χ4n) is 3.84. The fourth-order valence-corrected chi connectivity index (χ4v) is 3.84. The summed E-state index contributed by atoms with van der Waals surface area (Å²) in [5.74, 6) is 0.843. The Morgan fingerprint density at radius 1 is 1.07 bits per heavy atom. The molecule has 2 heterocycles. The lowest BCUT2D eigenvalue weighted by atomic mass is 10.0. The molecule has 2 aromatic carbocycles.